The molecular formula is C9H14ClF3N2O. The van der Waals surface area contributed by atoms with E-state index in [1.54, 1.807) is 0 Å². The first kappa shape index (κ1) is 13.6. The number of alkyl halides is 3. The summed E-state index contributed by atoms with van der Waals surface area (Å²) in [7, 11) is 0. The van der Waals surface area contributed by atoms with E-state index in [1.807, 2.05) is 0 Å². The topological polar surface area (TPSA) is 32.3 Å². The zero-order valence-corrected chi connectivity index (χ0v) is 9.40. The molecule has 2 heterocycles. The second-order valence-corrected chi connectivity index (χ2v) is 4.27. The maximum atomic E-state index is 12.0. The Morgan fingerprint density at radius 3 is 2.19 bits per heavy atom. The van der Waals surface area contributed by atoms with Gasteiger partial charge in [0.15, 0.2) is 0 Å². The third kappa shape index (κ3) is 3.01. The molecule has 7 heteroatoms. The number of nitrogens with zero attached hydrogens (tertiary/aromatic N) is 1. The van der Waals surface area contributed by atoms with E-state index in [0.717, 1.165) is 13.1 Å². The van der Waals surface area contributed by atoms with Gasteiger partial charge in [0.05, 0.1) is 0 Å². The molecule has 0 bridgehead atoms. The summed E-state index contributed by atoms with van der Waals surface area (Å²) in [5.74, 6) is -0.0822. The van der Waals surface area contributed by atoms with Gasteiger partial charge in [-0.2, -0.15) is 13.2 Å². The van der Waals surface area contributed by atoms with Crippen molar-refractivity contribution in [2.45, 2.75) is 12.6 Å². The highest BCUT2D eigenvalue weighted by Crippen LogP contribution is 2.28. The molecule has 16 heavy (non-hydrogen) atoms. The van der Waals surface area contributed by atoms with E-state index < -0.39 is 18.5 Å². The Kier molecular flexibility index (Phi) is 4.07. The van der Waals surface area contributed by atoms with Crippen LogP contribution in [0.25, 0.3) is 0 Å². The summed E-state index contributed by atoms with van der Waals surface area (Å²) in [6.07, 6.45) is -5.70. The van der Waals surface area contributed by atoms with Crippen molar-refractivity contribution < 1.29 is 18.0 Å². The minimum atomic E-state index is -4.38. The van der Waals surface area contributed by atoms with Crippen LogP contribution in [0.2, 0.25) is 0 Å². The Morgan fingerprint density at radius 1 is 1.25 bits per heavy atom. The Bertz CT molecular complexity index is 260. The summed E-state index contributed by atoms with van der Waals surface area (Å²) in [6.45, 7) is 2.60. The minimum Gasteiger partial charge on any atom is -0.342 e. The van der Waals surface area contributed by atoms with Crippen LogP contribution in [-0.2, 0) is 4.79 Å². The zero-order chi connectivity index (χ0) is 11.1. The predicted molar refractivity (Wildman–Crippen MR) is 54.3 cm³/mol. The number of hydrogen-bond acceptors (Lipinski definition) is 2. The monoisotopic (exact) mass is 258 g/mol. The Morgan fingerprint density at radius 2 is 1.75 bits per heavy atom. The number of nitrogens with one attached hydrogen (secondary N) is 1. The van der Waals surface area contributed by atoms with E-state index in [9.17, 15) is 18.0 Å². The van der Waals surface area contributed by atoms with Gasteiger partial charge in [0.2, 0.25) is 5.91 Å². The highest BCUT2D eigenvalue weighted by molar-refractivity contribution is 5.85. The normalized spacial score (nSPS) is 28.8. The molecule has 0 aliphatic carbocycles. The number of carbonyl (C=O) groups excluding carboxylic acids is 1. The molecule has 1 amide bonds. The Labute approximate surface area is 97.8 Å². The Hall–Kier alpha value is -0.490. The van der Waals surface area contributed by atoms with Gasteiger partial charge in [-0.1, -0.05) is 0 Å². The third-order valence-corrected chi connectivity index (χ3v) is 3.09. The molecule has 94 valence electrons. The molecule has 3 nitrogen and oxygen atoms in total. The molecule has 0 saturated carbocycles. The fraction of sp³-hybridized carbons (Fsp3) is 0.889. The Balaban J connectivity index is 0.00000128. The molecule has 0 aromatic rings. The molecule has 2 aliphatic rings. The number of amides is 1. The molecule has 2 rings (SSSR count). The quantitative estimate of drug-likeness (QED) is 0.762. The van der Waals surface area contributed by atoms with Gasteiger partial charge in [-0.15, -0.1) is 12.4 Å². The van der Waals surface area contributed by atoms with Crippen molar-refractivity contribution in [2.75, 3.05) is 26.2 Å². The van der Waals surface area contributed by atoms with E-state index in [0.29, 0.717) is 24.9 Å². The van der Waals surface area contributed by atoms with Crippen molar-refractivity contribution in [3.63, 3.8) is 0 Å². The molecule has 2 saturated heterocycles. The van der Waals surface area contributed by atoms with Gasteiger partial charge in [-0.05, 0) is 11.8 Å². The van der Waals surface area contributed by atoms with E-state index in [4.69, 9.17) is 0 Å². The van der Waals surface area contributed by atoms with Crippen LogP contribution in [0.1, 0.15) is 6.42 Å². The predicted octanol–water partition coefficient (Wildman–Crippen LogP) is 1.04. The first-order valence-corrected chi connectivity index (χ1v) is 5.01. The van der Waals surface area contributed by atoms with Crippen LogP contribution in [0.5, 0.6) is 0 Å². The maximum Gasteiger partial charge on any atom is 0.397 e. The van der Waals surface area contributed by atoms with E-state index in [2.05, 4.69) is 5.32 Å². The lowest BCUT2D eigenvalue weighted by Crippen LogP contribution is -2.34. The number of carbonyl (C=O) groups is 1. The summed E-state index contributed by atoms with van der Waals surface area (Å²) in [5.41, 5.74) is 0. The minimum absolute atomic E-state index is 0. The lowest BCUT2D eigenvalue weighted by Gasteiger charge is -2.18. The molecule has 0 aromatic heterocycles. The molecule has 2 atom stereocenters. The van der Waals surface area contributed by atoms with E-state index in [1.165, 1.54) is 4.90 Å². The van der Waals surface area contributed by atoms with Crippen LogP contribution in [0.15, 0.2) is 0 Å². The van der Waals surface area contributed by atoms with Crippen LogP contribution in [0.3, 0.4) is 0 Å². The van der Waals surface area contributed by atoms with E-state index >= 15 is 0 Å². The van der Waals surface area contributed by atoms with Gasteiger partial charge < -0.3 is 10.2 Å². The molecule has 0 aromatic carbocycles. The molecule has 2 fully saturated rings. The molecule has 1 N–H and O–H groups in total. The van der Waals surface area contributed by atoms with Gasteiger partial charge in [-0.25, -0.2) is 0 Å². The lowest BCUT2D eigenvalue weighted by molar-refractivity contribution is -0.160. The molecular weight excluding hydrogens is 245 g/mol. The molecule has 0 unspecified atom stereocenters. The third-order valence-electron chi connectivity index (χ3n) is 3.09. The largest absolute Gasteiger partial charge is 0.397 e. The summed E-state index contributed by atoms with van der Waals surface area (Å²) >= 11 is 0. The van der Waals surface area contributed by atoms with Gasteiger partial charge >= 0.3 is 6.18 Å². The van der Waals surface area contributed by atoms with Gasteiger partial charge in [0.1, 0.15) is 6.42 Å². The van der Waals surface area contributed by atoms with Crippen molar-refractivity contribution >= 4 is 18.3 Å². The van der Waals surface area contributed by atoms with E-state index in [-0.39, 0.29) is 12.4 Å². The standard InChI is InChI=1S/C9H13F3N2O.ClH/c10-9(11,12)1-8(15)14-4-6-2-13-3-7(6)5-14;/h6-7,13H,1-5H2;1H/t6-,7+;. The van der Waals surface area contributed by atoms with Crippen LogP contribution in [0, 0.1) is 11.8 Å². The van der Waals surface area contributed by atoms with Crippen molar-refractivity contribution in [1.82, 2.24) is 10.2 Å². The average Bonchev–Trinajstić information content (AvgIpc) is 2.56. The van der Waals surface area contributed by atoms with Gasteiger partial charge in [-0.3, -0.25) is 4.79 Å². The summed E-state index contributed by atoms with van der Waals surface area (Å²) in [4.78, 5) is 12.6. The van der Waals surface area contributed by atoms with Crippen LogP contribution < -0.4 is 5.32 Å². The van der Waals surface area contributed by atoms with Gasteiger partial charge in [0, 0.05) is 26.2 Å². The second kappa shape index (κ2) is 4.79. The van der Waals surface area contributed by atoms with Crippen molar-refractivity contribution in [3.05, 3.63) is 0 Å². The molecule has 0 spiro atoms. The first-order chi connectivity index (χ1) is 6.96. The average molecular weight is 259 g/mol. The summed E-state index contributed by atoms with van der Waals surface area (Å²) < 4.78 is 36.0. The van der Waals surface area contributed by atoms with Crippen LogP contribution in [-0.4, -0.2) is 43.2 Å². The zero-order valence-electron chi connectivity index (χ0n) is 8.59. The number of hydrogen-bond donors (Lipinski definition) is 1. The summed E-state index contributed by atoms with van der Waals surface area (Å²) in [5, 5.41) is 3.17. The van der Waals surface area contributed by atoms with Crippen molar-refractivity contribution in [3.8, 4) is 0 Å². The van der Waals surface area contributed by atoms with Crippen LogP contribution in [0.4, 0.5) is 13.2 Å². The number of likely N-dealkylation sites (tertiary alicyclic amines) is 1. The lowest BCUT2D eigenvalue weighted by atomic mass is 10.0. The number of rotatable bonds is 1. The fourth-order valence-electron chi connectivity index (χ4n) is 2.34. The van der Waals surface area contributed by atoms with Crippen molar-refractivity contribution in [2.24, 2.45) is 11.8 Å². The second-order valence-electron chi connectivity index (χ2n) is 4.27. The van der Waals surface area contributed by atoms with Crippen LogP contribution >= 0.6 is 12.4 Å². The first-order valence-electron chi connectivity index (χ1n) is 5.01. The molecule has 2 aliphatic heterocycles. The number of halogens is 4. The smallest absolute Gasteiger partial charge is 0.342 e. The molecule has 0 radical (unpaired) electrons. The summed E-state index contributed by atoms with van der Waals surface area (Å²) in [6, 6.07) is 0. The van der Waals surface area contributed by atoms with Crippen molar-refractivity contribution in [1.29, 1.82) is 0 Å². The van der Waals surface area contributed by atoms with Gasteiger partial charge in [0.25, 0.3) is 0 Å². The maximum absolute atomic E-state index is 12.0. The SMILES string of the molecule is Cl.O=C(CC(F)(F)F)N1C[C@H]2CNC[C@H]2C1. The number of fused-ring (bicyclic) bond motifs is 1. The highest BCUT2D eigenvalue weighted by atomic mass is 35.5. The highest BCUT2D eigenvalue weighted by Gasteiger charge is 2.41. The fourth-order valence-corrected chi connectivity index (χ4v) is 2.34.